The van der Waals surface area contributed by atoms with E-state index < -0.39 is 18.7 Å². The van der Waals surface area contributed by atoms with Gasteiger partial charge < -0.3 is 24.1 Å². The Balaban J connectivity index is 1.52. The molecule has 2 saturated heterocycles. The molecule has 0 amide bonds. The summed E-state index contributed by atoms with van der Waals surface area (Å²) >= 11 is 0. The van der Waals surface area contributed by atoms with E-state index in [2.05, 4.69) is 52.0 Å². The van der Waals surface area contributed by atoms with Crippen LogP contribution < -0.4 is 0 Å². The van der Waals surface area contributed by atoms with Crippen molar-refractivity contribution < 1.29 is 24.1 Å². The van der Waals surface area contributed by atoms with Crippen molar-refractivity contribution in [1.82, 2.24) is 0 Å². The van der Waals surface area contributed by atoms with Crippen molar-refractivity contribution >= 4 is 0 Å². The second-order valence-corrected chi connectivity index (χ2v) is 7.82. The fourth-order valence-corrected chi connectivity index (χ4v) is 3.72. The summed E-state index contributed by atoms with van der Waals surface area (Å²) in [5, 5.41) is 9.93. The van der Waals surface area contributed by atoms with Gasteiger partial charge in [0.1, 0.15) is 18.3 Å². The van der Waals surface area contributed by atoms with Crippen molar-refractivity contribution in [3.63, 3.8) is 0 Å². The fourth-order valence-electron chi connectivity index (χ4n) is 3.72. The molecule has 28 heavy (non-hydrogen) atoms. The highest BCUT2D eigenvalue weighted by Crippen LogP contribution is 2.38. The molecule has 0 aromatic heterocycles. The molecule has 2 aliphatic rings. The molecule has 0 saturated carbocycles. The topological polar surface area (TPSA) is 57.2 Å². The van der Waals surface area contributed by atoms with Crippen molar-refractivity contribution in [2.24, 2.45) is 0 Å². The van der Waals surface area contributed by atoms with Crippen molar-refractivity contribution in [2.45, 2.75) is 58.6 Å². The molecule has 5 nitrogen and oxygen atoms in total. The van der Waals surface area contributed by atoms with Gasteiger partial charge in [-0.15, -0.1) is 0 Å². The molecule has 2 fully saturated rings. The number of hydrogen-bond donors (Lipinski definition) is 1. The molecule has 0 bridgehead atoms. The molecule has 5 atom stereocenters. The molecule has 0 radical (unpaired) electrons. The van der Waals surface area contributed by atoms with Gasteiger partial charge in [-0.05, 0) is 49.9 Å². The van der Waals surface area contributed by atoms with E-state index in [9.17, 15) is 5.11 Å². The quantitative estimate of drug-likeness (QED) is 0.872. The molecule has 5 heteroatoms. The van der Waals surface area contributed by atoms with Crippen molar-refractivity contribution in [1.29, 1.82) is 0 Å². The first-order valence-electron chi connectivity index (χ1n) is 9.79. The van der Waals surface area contributed by atoms with Gasteiger partial charge >= 0.3 is 0 Å². The Morgan fingerprint density at radius 1 is 0.786 bits per heavy atom. The minimum atomic E-state index is -0.539. The van der Waals surface area contributed by atoms with Gasteiger partial charge in [-0.25, -0.2) is 0 Å². The molecular formula is C23H28O5. The molecule has 2 heterocycles. The lowest BCUT2D eigenvalue weighted by Crippen LogP contribution is -2.55. The van der Waals surface area contributed by atoms with Crippen LogP contribution in [0.25, 0.3) is 0 Å². The van der Waals surface area contributed by atoms with Crippen LogP contribution in [0.5, 0.6) is 0 Å². The van der Waals surface area contributed by atoms with Crippen LogP contribution in [0.3, 0.4) is 0 Å². The third-order valence-corrected chi connectivity index (χ3v) is 5.81. The van der Waals surface area contributed by atoms with Crippen LogP contribution in [0.15, 0.2) is 36.4 Å². The van der Waals surface area contributed by atoms with E-state index in [1.54, 1.807) is 0 Å². The van der Waals surface area contributed by atoms with Gasteiger partial charge in [0.2, 0.25) is 0 Å². The Morgan fingerprint density at radius 2 is 1.39 bits per heavy atom. The Kier molecular flexibility index (Phi) is 5.54. The highest BCUT2D eigenvalue weighted by Gasteiger charge is 2.45. The number of aliphatic hydroxyl groups is 1. The zero-order chi connectivity index (χ0) is 19.8. The summed E-state index contributed by atoms with van der Waals surface area (Å²) in [5.41, 5.74) is 6.73. The molecule has 4 rings (SSSR count). The summed E-state index contributed by atoms with van der Waals surface area (Å²) in [6.45, 7) is 8.55. The normalized spacial score (nSPS) is 30.1. The first kappa shape index (κ1) is 19.6. The minimum Gasteiger partial charge on any atom is -0.394 e. The number of ether oxygens (including phenoxy) is 4. The first-order chi connectivity index (χ1) is 13.5. The fraction of sp³-hybridized carbons (Fsp3) is 0.478. The van der Waals surface area contributed by atoms with E-state index in [0.717, 1.165) is 11.1 Å². The van der Waals surface area contributed by atoms with E-state index in [0.29, 0.717) is 6.61 Å². The van der Waals surface area contributed by atoms with Crippen LogP contribution >= 0.6 is 0 Å². The van der Waals surface area contributed by atoms with Gasteiger partial charge in [-0.1, -0.05) is 36.4 Å². The molecular weight excluding hydrogens is 356 g/mol. The lowest BCUT2D eigenvalue weighted by molar-refractivity contribution is -0.366. The summed E-state index contributed by atoms with van der Waals surface area (Å²) in [6, 6.07) is 12.3. The van der Waals surface area contributed by atoms with E-state index in [4.69, 9.17) is 18.9 Å². The summed E-state index contributed by atoms with van der Waals surface area (Å²) in [7, 11) is 0. The standard InChI is InChI=1S/C23H28O5/c1-13-5-7-17(9-15(13)3)22-25-12-20-21(28-22)19(11-24)26-23(27-20)18-8-6-14(2)16(4)10-18/h5-10,19-24H,11-12H2,1-4H3/t19-,20+,21+,22-,23-/m1/s1. The molecule has 2 aromatic rings. The monoisotopic (exact) mass is 384 g/mol. The van der Waals surface area contributed by atoms with Gasteiger partial charge in [0.05, 0.1) is 13.2 Å². The van der Waals surface area contributed by atoms with Crippen LogP contribution in [0.2, 0.25) is 0 Å². The maximum absolute atomic E-state index is 9.93. The highest BCUT2D eigenvalue weighted by atomic mass is 16.8. The van der Waals surface area contributed by atoms with Crippen LogP contribution in [-0.4, -0.2) is 36.6 Å². The number of rotatable bonds is 3. The van der Waals surface area contributed by atoms with Crippen molar-refractivity contribution in [3.05, 3.63) is 69.8 Å². The average molecular weight is 384 g/mol. The van der Waals surface area contributed by atoms with Gasteiger partial charge in [0, 0.05) is 11.1 Å². The van der Waals surface area contributed by atoms with Crippen LogP contribution in [0.4, 0.5) is 0 Å². The third-order valence-electron chi connectivity index (χ3n) is 5.81. The van der Waals surface area contributed by atoms with Crippen molar-refractivity contribution in [3.8, 4) is 0 Å². The number of fused-ring (bicyclic) bond motifs is 1. The second-order valence-electron chi connectivity index (χ2n) is 7.82. The molecule has 150 valence electrons. The van der Waals surface area contributed by atoms with Crippen LogP contribution in [-0.2, 0) is 18.9 Å². The molecule has 1 N–H and O–H groups in total. The molecule has 2 aliphatic heterocycles. The van der Waals surface area contributed by atoms with Gasteiger partial charge in [0.15, 0.2) is 12.6 Å². The van der Waals surface area contributed by atoms with E-state index in [-0.39, 0.29) is 18.8 Å². The Morgan fingerprint density at radius 3 is 1.96 bits per heavy atom. The maximum Gasteiger partial charge on any atom is 0.184 e. The SMILES string of the molecule is Cc1ccc([C@@H]2OC[C@@H]3O[C@H](c4ccc(C)c(C)c4)O[C@H](CO)[C@@H]3O2)cc1C. The first-order valence-corrected chi connectivity index (χ1v) is 9.79. The van der Waals surface area contributed by atoms with Gasteiger partial charge in [-0.3, -0.25) is 0 Å². The average Bonchev–Trinajstić information content (AvgIpc) is 2.70. The predicted molar refractivity (Wildman–Crippen MR) is 105 cm³/mol. The lowest BCUT2D eigenvalue weighted by atomic mass is 10.0. The molecule has 0 aliphatic carbocycles. The number of aliphatic hydroxyl groups excluding tert-OH is 1. The number of benzene rings is 2. The van der Waals surface area contributed by atoms with Crippen LogP contribution in [0, 0.1) is 27.7 Å². The Bertz CT molecular complexity index is 841. The maximum atomic E-state index is 9.93. The summed E-state index contributed by atoms with van der Waals surface area (Å²) in [6.07, 6.45) is -2.17. The smallest absolute Gasteiger partial charge is 0.184 e. The van der Waals surface area contributed by atoms with E-state index in [1.165, 1.54) is 22.3 Å². The molecule has 0 unspecified atom stereocenters. The second kappa shape index (κ2) is 7.93. The molecule has 2 aromatic carbocycles. The number of hydrogen-bond acceptors (Lipinski definition) is 5. The van der Waals surface area contributed by atoms with Gasteiger partial charge in [-0.2, -0.15) is 0 Å². The van der Waals surface area contributed by atoms with Crippen LogP contribution in [0.1, 0.15) is 46.0 Å². The minimum absolute atomic E-state index is 0.133. The highest BCUT2D eigenvalue weighted by molar-refractivity contribution is 5.32. The molecule has 0 spiro atoms. The van der Waals surface area contributed by atoms with E-state index >= 15 is 0 Å². The lowest BCUT2D eigenvalue weighted by Gasteiger charge is -2.45. The Hall–Kier alpha value is -1.76. The van der Waals surface area contributed by atoms with Crippen molar-refractivity contribution in [2.75, 3.05) is 13.2 Å². The Labute approximate surface area is 166 Å². The summed E-state index contributed by atoms with van der Waals surface area (Å²) in [4.78, 5) is 0. The summed E-state index contributed by atoms with van der Waals surface area (Å²) < 4.78 is 24.3. The number of aryl methyl sites for hydroxylation is 4. The zero-order valence-electron chi connectivity index (χ0n) is 16.8. The third kappa shape index (κ3) is 3.73. The zero-order valence-corrected chi connectivity index (χ0v) is 16.8. The van der Waals surface area contributed by atoms with Gasteiger partial charge in [0.25, 0.3) is 0 Å². The van der Waals surface area contributed by atoms with E-state index in [1.807, 2.05) is 12.1 Å². The predicted octanol–water partition coefficient (Wildman–Crippen LogP) is 3.81. The largest absolute Gasteiger partial charge is 0.394 e. The summed E-state index contributed by atoms with van der Waals surface area (Å²) in [5.74, 6) is 0.